The normalized spacial score (nSPS) is 14.9. The van der Waals surface area contributed by atoms with Gasteiger partial charge in [-0.1, -0.05) is 12.1 Å². The molecule has 36 heavy (non-hydrogen) atoms. The number of benzene rings is 3. The van der Waals surface area contributed by atoms with Crippen molar-refractivity contribution in [2.45, 2.75) is 25.5 Å². The van der Waals surface area contributed by atoms with Gasteiger partial charge in [-0.2, -0.15) is 0 Å². The molecule has 1 heterocycles. The second-order valence-electron chi connectivity index (χ2n) is 9.03. The number of ether oxygens (including phenoxy) is 1. The van der Waals surface area contributed by atoms with E-state index in [-0.39, 0.29) is 29.7 Å². The number of halogens is 2. The van der Waals surface area contributed by atoms with Gasteiger partial charge < -0.3 is 19.9 Å². The number of hydrogen-bond donors (Lipinski definition) is 1. The van der Waals surface area contributed by atoms with Crippen molar-refractivity contribution in [1.29, 1.82) is 0 Å². The number of carbonyl (C=O) groups is 2. The number of amides is 2. The van der Waals surface area contributed by atoms with Gasteiger partial charge in [0, 0.05) is 56.3 Å². The highest BCUT2D eigenvalue weighted by atomic mass is 19.1. The van der Waals surface area contributed by atoms with Crippen molar-refractivity contribution in [2.75, 3.05) is 37.5 Å². The largest absolute Gasteiger partial charge is 0.377 e. The number of rotatable bonds is 8. The molecule has 1 saturated heterocycles. The van der Waals surface area contributed by atoms with E-state index < -0.39 is 17.5 Å². The highest BCUT2D eigenvalue weighted by Gasteiger charge is 2.25. The van der Waals surface area contributed by atoms with Crippen LogP contribution in [0.3, 0.4) is 0 Å². The van der Waals surface area contributed by atoms with Gasteiger partial charge >= 0.3 is 0 Å². The number of anilines is 2. The van der Waals surface area contributed by atoms with E-state index in [9.17, 15) is 18.4 Å². The second-order valence-corrected chi connectivity index (χ2v) is 9.03. The van der Waals surface area contributed by atoms with Crippen LogP contribution in [0.5, 0.6) is 0 Å². The minimum atomic E-state index is -0.494. The molecule has 1 N–H and O–H groups in total. The fraction of sp³-hybridized carbons (Fsp3) is 0.286. The van der Waals surface area contributed by atoms with Gasteiger partial charge in [0.05, 0.1) is 6.10 Å². The standard InChI is InChI=1S/C28H29F2N3O3/c1-32(2)26-12-11-24(31-27(34)19-6-3-8-22(29)14-19)16-21(26)17-33(18-25-10-5-13-36-25)28(35)20-7-4-9-23(30)15-20/h3-4,6-9,11-12,14-16,25H,5,10,13,17-18H2,1-2H3,(H,31,34)/t25-/m1/s1. The lowest BCUT2D eigenvalue weighted by Gasteiger charge is -2.28. The van der Waals surface area contributed by atoms with Crippen LogP contribution in [-0.4, -0.2) is 50.1 Å². The molecule has 0 aromatic heterocycles. The molecule has 3 aromatic rings. The fourth-order valence-corrected chi connectivity index (χ4v) is 4.32. The van der Waals surface area contributed by atoms with E-state index in [1.807, 2.05) is 25.1 Å². The lowest BCUT2D eigenvalue weighted by molar-refractivity contribution is 0.0507. The van der Waals surface area contributed by atoms with Crippen LogP contribution >= 0.6 is 0 Å². The molecule has 1 atom stereocenters. The highest BCUT2D eigenvalue weighted by molar-refractivity contribution is 6.04. The molecule has 0 aliphatic carbocycles. The van der Waals surface area contributed by atoms with Crippen molar-refractivity contribution in [3.05, 3.63) is 95.1 Å². The fourth-order valence-electron chi connectivity index (χ4n) is 4.32. The Labute approximate surface area is 209 Å². The number of nitrogens with zero attached hydrogens (tertiary/aromatic N) is 2. The zero-order valence-electron chi connectivity index (χ0n) is 20.3. The van der Waals surface area contributed by atoms with Crippen LogP contribution in [0.4, 0.5) is 20.2 Å². The molecule has 188 valence electrons. The average molecular weight is 494 g/mol. The van der Waals surface area contributed by atoms with Gasteiger partial charge in [0.25, 0.3) is 11.8 Å². The Morgan fingerprint density at radius 2 is 1.67 bits per heavy atom. The summed E-state index contributed by atoms with van der Waals surface area (Å²) in [5, 5.41) is 2.80. The molecule has 1 aliphatic heterocycles. The lowest BCUT2D eigenvalue weighted by Crippen LogP contribution is -2.37. The zero-order valence-corrected chi connectivity index (χ0v) is 20.3. The quantitative estimate of drug-likeness (QED) is 0.474. The summed E-state index contributed by atoms with van der Waals surface area (Å²) in [6, 6.07) is 16.5. The molecule has 1 fully saturated rings. The first-order valence-electron chi connectivity index (χ1n) is 11.8. The molecule has 6 nitrogen and oxygen atoms in total. The van der Waals surface area contributed by atoms with E-state index in [4.69, 9.17) is 4.74 Å². The summed E-state index contributed by atoms with van der Waals surface area (Å²) in [5.41, 5.74) is 2.63. The predicted molar refractivity (Wildman–Crippen MR) is 135 cm³/mol. The van der Waals surface area contributed by atoms with Crippen molar-refractivity contribution in [3.8, 4) is 0 Å². The summed E-state index contributed by atoms with van der Waals surface area (Å²) in [6.45, 7) is 1.24. The maximum absolute atomic E-state index is 13.9. The van der Waals surface area contributed by atoms with E-state index in [2.05, 4.69) is 5.32 Å². The number of nitrogens with one attached hydrogen (secondary N) is 1. The van der Waals surface area contributed by atoms with E-state index in [1.54, 1.807) is 23.1 Å². The van der Waals surface area contributed by atoms with Crippen molar-refractivity contribution in [1.82, 2.24) is 4.90 Å². The second kappa shape index (κ2) is 11.3. The summed E-state index contributed by atoms with van der Waals surface area (Å²) in [7, 11) is 3.78. The maximum atomic E-state index is 13.9. The number of hydrogen-bond acceptors (Lipinski definition) is 4. The van der Waals surface area contributed by atoms with Crippen molar-refractivity contribution >= 4 is 23.2 Å². The Kier molecular flexibility index (Phi) is 7.95. The predicted octanol–water partition coefficient (Wildman–Crippen LogP) is 5.10. The first kappa shape index (κ1) is 25.3. The summed E-state index contributed by atoms with van der Waals surface area (Å²) in [5.74, 6) is -1.71. The molecular weight excluding hydrogens is 464 g/mol. The Bertz CT molecular complexity index is 1240. The molecule has 8 heteroatoms. The Morgan fingerprint density at radius 1 is 0.972 bits per heavy atom. The molecule has 1 aliphatic rings. The van der Waals surface area contributed by atoms with Crippen LogP contribution in [-0.2, 0) is 11.3 Å². The molecule has 3 aromatic carbocycles. The van der Waals surface area contributed by atoms with Gasteiger partial charge in [0.15, 0.2) is 0 Å². The molecule has 0 radical (unpaired) electrons. The van der Waals surface area contributed by atoms with Gasteiger partial charge in [-0.3, -0.25) is 9.59 Å². The average Bonchev–Trinajstić information content (AvgIpc) is 3.36. The van der Waals surface area contributed by atoms with E-state index in [1.165, 1.54) is 42.5 Å². The van der Waals surface area contributed by atoms with E-state index in [0.29, 0.717) is 18.8 Å². The zero-order chi connectivity index (χ0) is 25.7. The molecule has 0 spiro atoms. The third kappa shape index (κ3) is 6.26. The third-order valence-electron chi connectivity index (χ3n) is 6.07. The van der Waals surface area contributed by atoms with Crippen LogP contribution < -0.4 is 10.2 Å². The minimum Gasteiger partial charge on any atom is -0.377 e. The highest BCUT2D eigenvalue weighted by Crippen LogP contribution is 2.27. The molecule has 0 unspecified atom stereocenters. The van der Waals surface area contributed by atoms with Gasteiger partial charge in [0.2, 0.25) is 0 Å². The first-order chi connectivity index (χ1) is 17.3. The molecule has 0 saturated carbocycles. The molecule has 2 amide bonds. The summed E-state index contributed by atoms with van der Waals surface area (Å²) in [4.78, 5) is 29.7. The van der Waals surface area contributed by atoms with Crippen LogP contribution in [0.15, 0.2) is 66.7 Å². The monoisotopic (exact) mass is 493 g/mol. The van der Waals surface area contributed by atoms with E-state index in [0.717, 1.165) is 24.1 Å². The lowest BCUT2D eigenvalue weighted by atomic mass is 10.1. The molecule has 4 rings (SSSR count). The Morgan fingerprint density at radius 3 is 2.31 bits per heavy atom. The topological polar surface area (TPSA) is 61.9 Å². The smallest absolute Gasteiger partial charge is 0.255 e. The SMILES string of the molecule is CN(C)c1ccc(NC(=O)c2cccc(F)c2)cc1CN(C[C@H]1CCCO1)C(=O)c1cccc(F)c1. The number of carbonyl (C=O) groups excluding carboxylic acids is 2. The van der Waals surface area contributed by atoms with Gasteiger partial charge in [-0.15, -0.1) is 0 Å². The maximum Gasteiger partial charge on any atom is 0.255 e. The van der Waals surface area contributed by atoms with Crippen molar-refractivity contribution in [2.24, 2.45) is 0 Å². The van der Waals surface area contributed by atoms with Crippen molar-refractivity contribution < 1.29 is 23.1 Å². The summed E-state index contributed by atoms with van der Waals surface area (Å²) < 4.78 is 33.2. The van der Waals surface area contributed by atoms with Gasteiger partial charge in [-0.25, -0.2) is 8.78 Å². The minimum absolute atomic E-state index is 0.0961. The molecule has 0 bridgehead atoms. The molecular formula is C28H29F2N3O3. The van der Waals surface area contributed by atoms with Crippen molar-refractivity contribution in [3.63, 3.8) is 0 Å². The van der Waals surface area contributed by atoms with E-state index >= 15 is 0 Å². The van der Waals surface area contributed by atoms with Crippen LogP contribution in [0.2, 0.25) is 0 Å². The first-order valence-corrected chi connectivity index (χ1v) is 11.8. The van der Waals surface area contributed by atoms with Crippen LogP contribution in [0.25, 0.3) is 0 Å². The van der Waals surface area contributed by atoms with Crippen LogP contribution in [0.1, 0.15) is 39.1 Å². The summed E-state index contributed by atoms with van der Waals surface area (Å²) >= 11 is 0. The van der Waals surface area contributed by atoms with Crippen LogP contribution in [0, 0.1) is 11.6 Å². The van der Waals surface area contributed by atoms with Gasteiger partial charge in [0.1, 0.15) is 11.6 Å². The third-order valence-corrected chi connectivity index (χ3v) is 6.07. The summed E-state index contributed by atoms with van der Waals surface area (Å²) in [6.07, 6.45) is 1.68. The Hall–Kier alpha value is -3.78. The van der Waals surface area contributed by atoms with Gasteiger partial charge in [-0.05, 0) is 73.0 Å². The Balaban J connectivity index is 1.62.